The highest BCUT2D eigenvalue weighted by atomic mass is 16.5. The van der Waals surface area contributed by atoms with Crippen LogP contribution in [0.3, 0.4) is 0 Å². The molecule has 0 saturated carbocycles. The first-order valence-corrected chi connectivity index (χ1v) is 7.35. The van der Waals surface area contributed by atoms with E-state index in [1.165, 1.54) is 0 Å². The number of amides is 2. The van der Waals surface area contributed by atoms with Crippen LogP contribution in [0.25, 0.3) is 6.08 Å². The summed E-state index contributed by atoms with van der Waals surface area (Å²) in [5.41, 5.74) is 7.93. The van der Waals surface area contributed by atoms with Gasteiger partial charge in [0.05, 0.1) is 6.04 Å². The van der Waals surface area contributed by atoms with Gasteiger partial charge < -0.3 is 10.5 Å². The predicted molar refractivity (Wildman–Crippen MR) is 81.2 cm³/mol. The highest BCUT2D eigenvalue weighted by Crippen LogP contribution is 2.34. The summed E-state index contributed by atoms with van der Waals surface area (Å²) >= 11 is 0. The lowest BCUT2D eigenvalue weighted by molar-refractivity contribution is -0.0552. The van der Waals surface area contributed by atoms with Crippen LogP contribution in [0.4, 0.5) is 4.79 Å². The number of fused-ring (bicyclic) bond motifs is 1. The minimum absolute atomic E-state index is 0.119. The minimum Gasteiger partial charge on any atom is -0.381 e. The smallest absolute Gasteiger partial charge is 0.330 e. The zero-order valence-corrected chi connectivity index (χ0v) is 12.2. The summed E-state index contributed by atoms with van der Waals surface area (Å²) in [6.45, 7) is 1.47. The summed E-state index contributed by atoms with van der Waals surface area (Å²) < 4.78 is 5.40. The number of benzene rings is 1. The molecule has 5 nitrogen and oxygen atoms in total. The number of nitrogens with zero attached hydrogens (tertiary/aromatic N) is 2. The van der Waals surface area contributed by atoms with Gasteiger partial charge in [0.1, 0.15) is 0 Å². The van der Waals surface area contributed by atoms with Gasteiger partial charge in [0.15, 0.2) is 0 Å². The summed E-state index contributed by atoms with van der Waals surface area (Å²) in [5, 5.41) is 3.65. The monoisotopic (exact) mass is 287 g/mol. The molecule has 112 valence electrons. The first kappa shape index (κ1) is 14.1. The zero-order valence-electron chi connectivity index (χ0n) is 12.2. The molecule has 1 saturated heterocycles. The highest BCUT2D eigenvalue weighted by Gasteiger charge is 2.33. The van der Waals surface area contributed by atoms with Crippen molar-refractivity contribution in [3.8, 4) is 0 Å². The molecule has 1 fully saturated rings. The fourth-order valence-electron chi connectivity index (χ4n) is 3.17. The van der Waals surface area contributed by atoms with Gasteiger partial charge in [0.2, 0.25) is 0 Å². The van der Waals surface area contributed by atoms with Crippen molar-refractivity contribution in [2.45, 2.75) is 24.9 Å². The van der Waals surface area contributed by atoms with Crippen molar-refractivity contribution in [2.75, 3.05) is 20.3 Å². The van der Waals surface area contributed by atoms with E-state index in [2.05, 4.69) is 6.07 Å². The Balaban J connectivity index is 1.85. The largest absolute Gasteiger partial charge is 0.381 e. The third-order valence-electron chi connectivity index (χ3n) is 4.32. The SMILES string of the molecule is CN(C1CCOCC1)N(C(N)=O)C1C=Cc2ccccc21. The van der Waals surface area contributed by atoms with E-state index in [9.17, 15) is 4.79 Å². The molecule has 1 atom stereocenters. The quantitative estimate of drug-likeness (QED) is 0.867. The third kappa shape index (κ3) is 2.66. The molecule has 2 N–H and O–H groups in total. The van der Waals surface area contributed by atoms with Crippen LogP contribution in [0.1, 0.15) is 30.0 Å². The van der Waals surface area contributed by atoms with Gasteiger partial charge in [0.25, 0.3) is 0 Å². The normalized spacial score (nSPS) is 21.5. The van der Waals surface area contributed by atoms with Crippen LogP contribution in [0.15, 0.2) is 30.3 Å². The predicted octanol–water partition coefficient (Wildman–Crippen LogP) is 2.16. The van der Waals surface area contributed by atoms with Crippen LogP contribution in [-0.4, -0.2) is 42.4 Å². The lowest BCUT2D eigenvalue weighted by atomic mass is 10.1. The van der Waals surface area contributed by atoms with Gasteiger partial charge in [-0.15, -0.1) is 0 Å². The number of rotatable bonds is 3. The Hall–Kier alpha value is -1.85. The number of nitrogens with two attached hydrogens (primary N) is 1. The molecule has 1 aliphatic carbocycles. The van der Waals surface area contributed by atoms with Crippen molar-refractivity contribution in [3.05, 3.63) is 41.5 Å². The highest BCUT2D eigenvalue weighted by molar-refractivity contribution is 5.74. The molecule has 5 heteroatoms. The molecule has 0 aromatic heterocycles. The Bertz CT molecular complexity index is 552. The standard InChI is InChI=1S/C16H21N3O2/c1-18(13-8-10-21-11-9-13)19(16(17)20)15-7-6-12-4-2-3-5-14(12)15/h2-7,13,15H,8-11H2,1H3,(H2,17,20). The maximum atomic E-state index is 12.0. The van der Waals surface area contributed by atoms with Gasteiger partial charge in [-0.05, 0) is 24.0 Å². The van der Waals surface area contributed by atoms with Crippen LogP contribution in [-0.2, 0) is 4.74 Å². The molecule has 2 amide bonds. The Morgan fingerprint density at radius 2 is 2.00 bits per heavy atom. The van der Waals surface area contributed by atoms with Crippen LogP contribution < -0.4 is 5.73 Å². The van der Waals surface area contributed by atoms with E-state index in [0.717, 1.165) is 37.2 Å². The minimum atomic E-state index is -0.421. The number of carbonyl (C=O) groups is 1. The molecule has 0 bridgehead atoms. The van der Waals surface area contributed by atoms with E-state index >= 15 is 0 Å². The second-order valence-electron chi connectivity index (χ2n) is 5.53. The van der Waals surface area contributed by atoms with Crippen molar-refractivity contribution in [1.82, 2.24) is 10.0 Å². The van der Waals surface area contributed by atoms with Gasteiger partial charge in [-0.3, -0.25) is 0 Å². The van der Waals surface area contributed by atoms with Crippen molar-refractivity contribution < 1.29 is 9.53 Å². The van der Waals surface area contributed by atoms with Crippen LogP contribution in [0.5, 0.6) is 0 Å². The lowest BCUT2D eigenvalue weighted by Gasteiger charge is -2.41. The molecule has 2 aliphatic rings. The fourth-order valence-corrected chi connectivity index (χ4v) is 3.17. The first-order valence-electron chi connectivity index (χ1n) is 7.35. The Labute approximate surface area is 124 Å². The van der Waals surface area contributed by atoms with E-state index in [0.29, 0.717) is 0 Å². The van der Waals surface area contributed by atoms with E-state index in [1.807, 2.05) is 42.4 Å². The molecule has 0 spiro atoms. The van der Waals surface area contributed by atoms with Crippen molar-refractivity contribution in [2.24, 2.45) is 5.73 Å². The van der Waals surface area contributed by atoms with Gasteiger partial charge in [-0.25, -0.2) is 14.8 Å². The second kappa shape index (κ2) is 5.87. The Morgan fingerprint density at radius 3 is 2.71 bits per heavy atom. The van der Waals surface area contributed by atoms with Gasteiger partial charge in [-0.2, -0.15) is 0 Å². The molecule has 3 rings (SSSR count). The van der Waals surface area contributed by atoms with Crippen LogP contribution in [0, 0.1) is 0 Å². The average Bonchev–Trinajstić information content (AvgIpc) is 2.92. The number of urea groups is 1. The molecule has 1 aromatic rings. The summed E-state index contributed by atoms with van der Waals surface area (Å²) in [6, 6.07) is 7.84. The average molecular weight is 287 g/mol. The summed E-state index contributed by atoms with van der Waals surface area (Å²) in [4.78, 5) is 12.0. The lowest BCUT2D eigenvalue weighted by Crippen LogP contribution is -2.53. The van der Waals surface area contributed by atoms with Gasteiger partial charge in [-0.1, -0.05) is 36.4 Å². The molecule has 1 aliphatic heterocycles. The first-order chi connectivity index (χ1) is 10.2. The number of hydrogen-bond acceptors (Lipinski definition) is 3. The molecular weight excluding hydrogens is 266 g/mol. The number of carbonyl (C=O) groups excluding carboxylic acids is 1. The Kier molecular flexibility index (Phi) is 3.94. The number of ether oxygens (including phenoxy) is 1. The maximum absolute atomic E-state index is 12.0. The van der Waals surface area contributed by atoms with E-state index in [4.69, 9.17) is 10.5 Å². The summed E-state index contributed by atoms with van der Waals surface area (Å²) in [6.07, 6.45) is 5.91. The second-order valence-corrected chi connectivity index (χ2v) is 5.53. The number of hydrogen-bond donors (Lipinski definition) is 1. The van der Waals surface area contributed by atoms with E-state index in [-0.39, 0.29) is 12.1 Å². The zero-order chi connectivity index (χ0) is 14.8. The van der Waals surface area contributed by atoms with Crippen molar-refractivity contribution >= 4 is 12.1 Å². The fraction of sp³-hybridized carbons (Fsp3) is 0.438. The maximum Gasteiger partial charge on any atom is 0.330 e. The Morgan fingerprint density at radius 1 is 1.29 bits per heavy atom. The number of hydrazine groups is 1. The van der Waals surface area contributed by atoms with Crippen molar-refractivity contribution in [1.29, 1.82) is 0 Å². The van der Waals surface area contributed by atoms with E-state index in [1.54, 1.807) is 5.01 Å². The molecule has 1 aromatic carbocycles. The van der Waals surface area contributed by atoms with Gasteiger partial charge >= 0.3 is 6.03 Å². The summed E-state index contributed by atoms with van der Waals surface area (Å²) in [7, 11) is 1.94. The topological polar surface area (TPSA) is 58.8 Å². The van der Waals surface area contributed by atoms with Crippen LogP contribution in [0.2, 0.25) is 0 Å². The molecule has 21 heavy (non-hydrogen) atoms. The molecule has 0 radical (unpaired) electrons. The number of primary amides is 1. The molecular formula is C16H21N3O2. The van der Waals surface area contributed by atoms with Crippen LogP contribution >= 0.6 is 0 Å². The molecule has 1 heterocycles. The third-order valence-corrected chi connectivity index (χ3v) is 4.32. The summed E-state index contributed by atoms with van der Waals surface area (Å²) in [5.74, 6) is 0. The van der Waals surface area contributed by atoms with E-state index < -0.39 is 6.03 Å². The van der Waals surface area contributed by atoms with Crippen molar-refractivity contribution in [3.63, 3.8) is 0 Å². The molecule has 1 unspecified atom stereocenters. The van der Waals surface area contributed by atoms with Gasteiger partial charge in [0, 0.05) is 26.3 Å².